The fourth-order valence-corrected chi connectivity index (χ4v) is 2.40. The topological polar surface area (TPSA) is 104 Å². The largest absolute Gasteiger partial charge is 0.388 e. The van der Waals surface area contributed by atoms with Crippen LogP contribution in [0.3, 0.4) is 0 Å². The molecule has 0 spiro atoms. The first-order valence-electron chi connectivity index (χ1n) is 5.49. The lowest BCUT2D eigenvalue weighted by Crippen LogP contribution is -2.29. The average molecular weight is 331 g/mol. The van der Waals surface area contributed by atoms with Crippen molar-refractivity contribution in [1.29, 1.82) is 0 Å². The Morgan fingerprint density at radius 3 is 2.42 bits per heavy atom. The van der Waals surface area contributed by atoms with Gasteiger partial charge in [-0.15, -0.1) is 0 Å². The van der Waals surface area contributed by atoms with Crippen molar-refractivity contribution >= 4 is 27.5 Å². The molecule has 0 aromatic heterocycles. The number of rotatable bonds is 2. The van der Waals surface area contributed by atoms with Crippen LogP contribution in [0.1, 0.15) is 10.4 Å². The summed E-state index contributed by atoms with van der Waals surface area (Å²) in [5.41, 5.74) is -0.0552. The van der Waals surface area contributed by atoms with Gasteiger partial charge < -0.3 is 15.1 Å². The Morgan fingerprint density at radius 1 is 1.32 bits per heavy atom. The second kappa shape index (κ2) is 5.24. The third kappa shape index (κ3) is 2.91. The number of non-ortho nitro benzene ring substituents is 1. The van der Waals surface area contributed by atoms with Crippen LogP contribution < -0.4 is 0 Å². The summed E-state index contributed by atoms with van der Waals surface area (Å²) in [6.45, 7) is 0.0284. The van der Waals surface area contributed by atoms with Crippen molar-refractivity contribution in [3.8, 4) is 0 Å². The van der Waals surface area contributed by atoms with Gasteiger partial charge in [0.1, 0.15) is 0 Å². The van der Waals surface area contributed by atoms with Gasteiger partial charge in [0.05, 0.1) is 17.1 Å². The average Bonchev–Trinajstić information content (AvgIpc) is 2.68. The molecule has 0 saturated carbocycles. The molecule has 1 aromatic carbocycles. The van der Waals surface area contributed by atoms with E-state index in [0.29, 0.717) is 4.47 Å². The van der Waals surface area contributed by atoms with Crippen LogP contribution in [0.2, 0.25) is 0 Å². The van der Waals surface area contributed by atoms with E-state index in [-0.39, 0.29) is 24.3 Å². The molecule has 2 atom stereocenters. The van der Waals surface area contributed by atoms with E-state index in [1.54, 1.807) is 0 Å². The molecule has 1 aromatic rings. The van der Waals surface area contributed by atoms with E-state index in [1.165, 1.54) is 23.1 Å². The number of carbonyl (C=O) groups is 1. The Balaban J connectivity index is 2.27. The highest BCUT2D eigenvalue weighted by Gasteiger charge is 2.33. The predicted molar refractivity (Wildman–Crippen MR) is 68.7 cm³/mol. The normalized spacial score (nSPS) is 22.6. The number of nitro benzene ring substituents is 1. The van der Waals surface area contributed by atoms with E-state index < -0.39 is 23.0 Å². The van der Waals surface area contributed by atoms with Gasteiger partial charge in [-0.05, 0) is 6.07 Å². The summed E-state index contributed by atoms with van der Waals surface area (Å²) in [5, 5.41) is 29.5. The van der Waals surface area contributed by atoms with Gasteiger partial charge in [-0.2, -0.15) is 0 Å². The molecule has 2 rings (SSSR count). The third-order valence-electron chi connectivity index (χ3n) is 2.89. The second-order valence-corrected chi connectivity index (χ2v) is 5.22. The number of aliphatic hydroxyl groups is 2. The molecular weight excluding hydrogens is 320 g/mol. The van der Waals surface area contributed by atoms with Crippen LogP contribution >= 0.6 is 15.9 Å². The van der Waals surface area contributed by atoms with E-state index in [0.717, 1.165) is 0 Å². The highest BCUT2D eigenvalue weighted by molar-refractivity contribution is 9.10. The Bertz CT molecular complexity index is 526. The van der Waals surface area contributed by atoms with Crippen molar-refractivity contribution in [3.63, 3.8) is 0 Å². The van der Waals surface area contributed by atoms with Crippen molar-refractivity contribution < 1.29 is 19.9 Å². The van der Waals surface area contributed by atoms with Crippen LogP contribution in [0.5, 0.6) is 0 Å². The van der Waals surface area contributed by atoms with Crippen LogP contribution in [-0.4, -0.2) is 51.2 Å². The molecule has 7 nitrogen and oxygen atoms in total. The molecule has 2 N–H and O–H groups in total. The van der Waals surface area contributed by atoms with Crippen molar-refractivity contribution in [2.45, 2.75) is 12.2 Å². The van der Waals surface area contributed by atoms with Gasteiger partial charge in [0.15, 0.2) is 0 Å². The molecule has 8 heteroatoms. The fraction of sp³-hybridized carbons (Fsp3) is 0.364. The standard InChI is InChI=1S/C11H11BrN2O5/c12-7-1-6(2-8(3-7)14(18)19)11(17)13-4-9(15)10(16)5-13/h1-3,9-10,15-16H,4-5H2/t9-,10+. The van der Waals surface area contributed by atoms with Crippen LogP contribution in [-0.2, 0) is 0 Å². The van der Waals surface area contributed by atoms with Gasteiger partial charge in [-0.3, -0.25) is 14.9 Å². The summed E-state index contributed by atoms with van der Waals surface area (Å²) in [6.07, 6.45) is -1.96. The van der Waals surface area contributed by atoms with E-state index in [2.05, 4.69) is 15.9 Å². The van der Waals surface area contributed by atoms with Crippen molar-refractivity contribution in [1.82, 2.24) is 4.90 Å². The van der Waals surface area contributed by atoms with E-state index in [1.807, 2.05) is 0 Å². The number of carbonyl (C=O) groups excluding carboxylic acids is 1. The van der Waals surface area contributed by atoms with Gasteiger partial charge in [0.2, 0.25) is 0 Å². The van der Waals surface area contributed by atoms with Crippen LogP contribution in [0, 0.1) is 10.1 Å². The number of halogens is 1. The Hall–Kier alpha value is -1.51. The van der Waals surface area contributed by atoms with Gasteiger partial charge in [0.25, 0.3) is 11.6 Å². The van der Waals surface area contributed by atoms with Gasteiger partial charge in [-0.25, -0.2) is 0 Å². The number of benzene rings is 1. The highest BCUT2D eigenvalue weighted by Crippen LogP contribution is 2.23. The van der Waals surface area contributed by atoms with Gasteiger partial charge in [-0.1, -0.05) is 15.9 Å². The molecule has 1 saturated heterocycles. The number of hydrogen-bond donors (Lipinski definition) is 2. The molecule has 19 heavy (non-hydrogen) atoms. The molecule has 0 aliphatic carbocycles. The van der Waals surface area contributed by atoms with E-state index >= 15 is 0 Å². The maximum atomic E-state index is 12.1. The summed E-state index contributed by atoms with van der Waals surface area (Å²) in [5.74, 6) is -0.458. The number of β-amino-alcohol motifs (C(OH)–C–C–N with tert-alkyl or cyclic N) is 2. The first-order chi connectivity index (χ1) is 8.88. The molecule has 1 amide bonds. The van der Waals surface area contributed by atoms with Crippen LogP contribution in [0.4, 0.5) is 5.69 Å². The molecule has 1 aliphatic heterocycles. The van der Waals surface area contributed by atoms with Gasteiger partial charge >= 0.3 is 0 Å². The van der Waals surface area contributed by atoms with E-state index in [4.69, 9.17) is 0 Å². The summed E-state index contributed by atoms with van der Waals surface area (Å²) in [7, 11) is 0. The summed E-state index contributed by atoms with van der Waals surface area (Å²) in [6, 6.07) is 3.93. The second-order valence-electron chi connectivity index (χ2n) is 4.30. The lowest BCUT2D eigenvalue weighted by molar-refractivity contribution is -0.385. The highest BCUT2D eigenvalue weighted by atomic mass is 79.9. The summed E-state index contributed by atoms with van der Waals surface area (Å²) >= 11 is 3.11. The zero-order valence-electron chi connectivity index (χ0n) is 9.69. The fourth-order valence-electron chi connectivity index (χ4n) is 1.92. The molecule has 0 unspecified atom stereocenters. The third-order valence-corrected chi connectivity index (χ3v) is 3.34. The number of likely N-dealkylation sites (tertiary alicyclic amines) is 1. The Labute approximate surface area is 116 Å². The Morgan fingerprint density at radius 2 is 1.89 bits per heavy atom. The first-order valence-corrected chi connectivity index (χ1v) is 6.28. The van der Waals surface area contributed by atoms with Crippen LogP contribution in [0.25, 0.3) is 0 Å². The molecule has 1 fully saturated rings. The maximum absolute atomic E-state index is 12.1. The molecule has 0 radical (unpaired) electrons. The van der Waals surface area contributed by atoms with Crippen LogP contribution in [0.15, 0.2) is 22.7 Å². The Kier molecular flexibility index (Phi) is 3.83. The summed E-state index contributed by atoms with van der Waals surface area (Å²) < 4.78 is 0.422. The van der Waals surface area contributed by atoms with Crippen molar-refractivity contribution in [2.75, 3.05) is 13.1 Å². The van der Waals surface area contributed by atoms with Gasteiger partial charge in [0, 0.05) is 35.3 Å². The SMILES string of the molecule is O=C(c1cc(Br)cc([N+](=O)[O-])c1)N1C[C@@H](O)[C@@H](O)C1. The maximum Gasteiger partial charge on any atom is 0.271 e. The molecule has 102 valence electrons. The smallest absolute Gasteiger partial charge is 0.271 e. The van der Waals surface area contributed by atoms with Crippen molar-refractivity contribution in [2.24, 2.45) is 0 Å². The molecule has 1 heterocycles. The van der Waals surface area contributed by atoms with Crippen molar-refractivity contribution in [3.05, 3.63) is 38.3 Å². The number of nitrogens with zero attached hydrogens (tertiary/aromatic N) is 2. The lowest BCUT2D eigenvalue weighted by atomic mass is 10.2. The lowest BCUT2D eigenvalue weighted by Gasteiger charge is -2.15. The monoisotopic (exact) mass is 330 g/mol. The zero-order chi connectivity index (χ0) is 14.2. The minimum Gasteiger partial charge on any atom is -0.388 e. The number of hydrogen-bond acceptors (Lipinski definition) is 5. The first kappa shape index (κ1) is 13.9. The zero-order valence-corrected chi connectivity index (χ0v) is 11.3. The molecular formula is C11H11BrN2O5. The number of nitro groups is 1. The molecule has 1 aliphatic rings. The quantitative estimate of drug-likeness (QED) is 0.608. The minimum atomic E-state index is -0.980. The number of amides is 1. The minimum absolute atomic E-state index is 0.0142. The molecule has 0 bridgehead atoms. The number of aliphatic hydroxyl groups excluding tert-OH is 2. The predicted octanol–water partition coefficient (Wildman–Crippen LogP) is 0.535. The summed E-state index contributed by atoms with van der Waals surface area (Å²) in [4.78, 5) is 23.5. The van der Waals surface area contributed by atoms with E-state index in [9.17, 15) is 25.1 Å².